The van der Waals surface area contributed by atoms with Gasteiger partial charge in [0.15, 0.2) is 11.5 Å². The van der Waals surface area contributed by atoms with Gasteiger partial charge in [0.25, 0.3) is 0 Å². The summed E-state index contributed by atoms with van der Waals surface area (Å²) in [5, 5.41) is 11.0. The Kier molecular flexibility index (Phi) is 7.17. The normalized spacial score (nSPS) is 12.6. The van der Waals surface area contributed by atoms with Crippen LogP contribution in [-0.4, -0.2) is 18.3 Å². The second-order valence-electron chi connectivity index (χ2n) is 4.71. The van der Waals surface area contributed by atoms with Gasteiger partial charge in [0.05, 0.1) is 24.3 Å². The molecule has 0 amide bonds. The topological polar surface area (TPSA) is 38.7 Å². The van der Waals surface area contributed by atoms with Crippen LogP contribution in [0, 0.1) is 5.92 Å². The van der Waals surface area contributed by atoms with Gasteiger partial charge in [-0.25, -0.2) is 0 Å². The van der Waals surface area contributed by atoms with E-state index in [2.05, 4.69) is 13.8 Å². The maximum atomic E-state index is 10.5. The highest BCUT2D eigenvalue weighted by atomic mass is 35.5. The Labute approximate surface area is 126 Å². The van der Waals surface area contributed by atoms with Crippen LogP contribution in [0.1, 0.15) is 52.2 Å². The molecule has 0 bridgehead atoms. The van der Waals surface area contributed by atoms with Crippen molar-refractivity contribution in [3.8, 4) is 11.5 Å². The van der Waals surface area contributed by atoms with Crippen molar-refractivity contribution in [3.63, 3.8) is 0 Å². The third kappa shape index (κ3) is 4.03. The number of aliphatic hydroxyl groups excluding tert-OH is 1. The number of halogens is 1. The fraction of sp³-hybridized carbons (Fsp3) is 0.625. The second-order valence-corrected chi connectivity index (χ2v) is 5.12. The molecule has 1 aromatic rings. The summed E-state index contributed by atoms with van der Waals surface area (Å²) in [5.41, 5.74) is 0.715. The second kappa shape index (κ2) is 8.38. The first kappa shape index (κ1) is 17.1. The van der Waals surface area contributed by atoms with Crippen molar-refractivity contribution in [2.24, 2.45) is 5.92 Å². The summed E-state index contributed by atoms with van der Waals surface area (Å²) in [4.78, 5) is 0. The van der Waals surface area contributed by atoms with E-state index in [1.807, 2.05) is 13.8 Å². The first-order valence-electron chi connectivity index (χ1n) is 7.35. The van der Waals surface area contributed by atoms with Crippen LogP contribution in [0.2, 0.25) is 5.02 Å². The molecule has 1 N–H and O–H groups in total. The smallest absolute Gasteiger partial charge is 0.162 e. The van der Waals surface area contributed by atoms with E-state index in [1.165, 1.54) is 0 Å². The first-order valence-corrected chi connectivity index (χ1v) is 7.73. The SMILES string of the molecule is CCOc1cc(Cl)c(C(O)C(CC)CC)cc1OCC. The summed E-state index contributed by atoms with van der Waals surface area (Å²) in [6.07, 6.45) is 1.24. The molecule has 20 heavy (non-hydrogen) atoms. The molecular formula is C16H25ClO3. The fourth-order valence-corrected chi connectivity index (χ4v) is 2.57. The minimum Gasteiger partial charge on any atom is -0.490 e. The van der Waals surface area contributed by atoms with Gasteiger partial charge in [-0.05, 0) is 25.8 Å². The highest BCUT2D eigenvalue weighted by Crippen LogP contribution is 2.39. The van der Waals surface area contributed by atoms with E-state index >= 15 is 0 Å². The molecule has 3 nitrogen and oxygen atoms in total. The van der Waals surface area contributed by atoms with E-state index in [-0.39, 0.29) is 5.92 Å². The summed E-state index contributed by atoms with van der Waals surface area (Å²) in [7, 11) is 0. The minimum atomic E-state index is -0.576. The molecule has 0 radical (unpaired) electrons. The molecule has 114 valence electrons. The maximum absolute atomic E-state index is 10.5. The van der Waals surface area contributed by atoms with Gasteiger partial charge in [0.1, 0.15) is 0 Å². The van der Waals surface area contributed by atoms with Crippen LogP contribution in [-0.2, 0) is 0 Å². The number of ether oxygens (including phenoxy) is 2. The Morgan fingerprint density at radius 2 is 1.50 bits per heavy atom. The number of benzene rings is 1. The predicted octanol–water partition coefficient (Wildman–Crippen LogP) is 4.61. The lowest BCUT2D eigenvalue weighted by atomic mass is 9.91. The molecular weight excluding hydrogens is 276 g/mol. The number of hydrogen-bond donors (Lipinski definition) is 1. The quantitative estimate of drug-likeness (QED) is 0.762. The van der Waals surface area contributed by atoms with Gasteiger partial charge in [-0.2, -0.15) is 0 Å². The molecule has 0 heterocycles. The van der Waals surface area contributed by atoms with Gasteiger partial charge < -0.3 is 14.6 Å². The van der Waals surface area contributed by atoms with Crippen molar-refractivity contribution in [2.45, 2.75) is 46.6 Å². The van der Waals surface area contributed by atoms with Gasteiger partial charge in [-0.1, -0.05) is 38.3 Å². The molecule has 0 aromatic heterocycles. The summed E-state index contributed by atoms with van der Waals surface area (Å²) in [5.74, 6) is 1.46. The Balaban J connectivity index is 3.16. The standard InChI is InChI=1S/C16H25ClO3/c1-5-11(6-2)16(18)12-9-14(19-7-3)15(20-8-4)10-13(12)17/h9-11,16,18H,5-8H2,1-4H3. The molecule has 0 saturated heterocycles. The van der Waals surface area contributed by atoms with Gasteiger partial charge >= 0.3 is 0 Å². The van der Waals surface area contributed by atoms with Crippen LogP contribution >= 0.6 is 11.6 Å². The molecule has 1 aromatic carbocycles. The van der Waals surface area contributed by atoms with E-state index in [0.29, 0.717) is 35.3 Å². The molecule has 0 aliphatic heterocycles. The molecule has 0 aliphatic rings. The summed E-state index contributed by atoms with van der Waals surface area (Å²) in [6, 6.07) is 3.54. The minimum absolute atomic E-state index is 0.194. The van der Waals surface area contributed by atoms with Crippen molar-refractivity contribution in [3.05, 3.63) is 22.7 Å². The molecule has 0 spiro atoms. The number of rotatable bonds is 8. The van der Waals surface area contributed by atoms with E-state index in [4.69, 9.17) is 21.1 Å². The van der Waals surface area contributed by atoms with E-state index < -0.39 is 6.10 Å². The Morgan fingerprint density at radius 3 is 1.95 bits per heavy atom. The molecule has 1 rings (SSSR count). The van der Waals surface area contributed by atoms with E-state index in [1.54, 1.807) is 12.1 Å². The van der Waals surface area contributed by atoms with Crippen LogP contribution in [0.15, 0.2) is 12.1 Å². The Bertz CT molecular complexity index is 416. The summed E-state index contributed by atoms with van der Waals surface area (Å²) in [6.45, 7) is 9.07. The van der Waals surface area contributed by atoms with Crippen LogP contribution < -0.4 is 9.47 Å². The first-order chi connectivity index (χ1) is 9.58. The monoisotopic (exact) mass is 300 g/mol. The van der Waals surface area contributed by atoms with Crippen LogP contribution in [0.25, 0.3) is 0 Å². The van der Waals surface area contributed by atoms with Gasteiger partial charge in [0, 0.05) is 11.6 Å². The van der Waals surface area contributed by atoms with Gasteiger partial charge in [-0.15, -0.1) is 0 Å². The van der Waals surface area contributed by atoms with Crippen LogP contribution in [0.4, 0.5) is 0 Å². The zero-order valence-corrected chi connectivity index (χ0v) is 13.5. The lowest BCUT2D eigenvalue weighted by Gasteiger charge is -2.23. The molecule has 0 fully saturated rings. The zero-order chi connectivity index (χ0) is 15.1. The Hall–Kier alpha value is -0.930. The van der Waals surface area contributed by atoms with E-state index in [0.717, 1.165) is 12.8 Å². The molecule has 1 unspecified atom stereocenters. The fourth-order valence-electron chi connectivity index (χ4n) is 2.30. The largest absolute Gasteiger partial charge is 0.490 e. The van der Waals surface area contributed by atoms with Crippen molar-refractivity contribution in [1.82, 2.24) is 0 Å². The summed E-state index contributed by atoms with van der Waals surface area (Å²) < 4.78 is 11.1. The van der Waals surface area contributed by atoms with Crippen LogP contribution in [0.3, 0.4) is 0 Å². The van der Waals surface area contributed by atoms with Gasteiger partial charge in [0.2, 0.25) is 0 Å². The molecule has 0 saturated carbocycles. The molecule has 4 heteroatoms. The molecule has 0 aliphatic carbocycles. The number of aliphatic hydroxyl groups is 1. The molecule has 1 atom stereocenters. The van der Waals surface area contributed by atoms with Crippen molar-refractivity contribution < 1.29 is 14.6 Å². The average molecular weight is 301 g/mol. The van der Waals surface area contributed by atoms with Crippen molar-refractivity contribution >= 4 is 11.6 Å². The third-order valence-electron chi connectivity index (χ3n) is 3.48. The lowest BCUT2D eigenvalue weighted by molar-refractivity contribution is 0.103. The van der Waals surface area contributed by atoms with E-state index in [9.17, 15) is 5.11 Å². The zero-order valence-electron chi connectivity index (χ0n) is 12.8. The van der Waals surface area contributed by atoms with Crippen LogP contribution in [0.5, 0.6) is 11.5 Å². The maximum Gasteiger partial charge on any atom is 0.162 e. The van der Waals surface area contributed by atoms with Crippen molar-refractivity contribution in [1.29, 1.82) is 0 Å². The third-order valence-corrected chi connectivity index (χ3v) is 3.80. The number of hydrogen-bond acceptors (Lipinski definition) is 3. The summed E-state index contributed by atoms with van der Waals surface area (Å²) >= 11 is 6.29. The highest BCUT2D eigenvalue weighted by molar-refractivity contribution is 6.31. The highest BCUT2D eigenvalue weighted by Gasteiger charge is 2.22. The predicted molar refractivity (Wildman–Crippen MR) is 82.8 cm³/mol. The lowest BCUT2D eigenvalue weighted by Crippen LogP contribution is -2.12. The Morgan fingerprint density at radius 1 is 1.00 bits per heavy atom. The van der Waals surface area contributed by atoms with Gasteiger partial charge in [-0.3, -0.25) is 0 Å². The van der Waals surface area contributed by atoms with Crippen molar-refractivity contribution in [2.75, 3.05) is 13.2 Å². The average Bonchev–Trinajstić information content (AvgIpc) is 2.43.